The number of carbonyl (C=O) groups excluding carboxylic acids is 3. The van der Waals surface area contributed by atoms with Gasteiger partial charge in [0.15, 0.2) is 0 Å². The maximum absolute atomic E-state index is 12.4. The molecule has 5 N–H and O–H groups in total. The Labute approximate surface area is 141 Å². The van der Waals surface area contributed by atoms with E-state index < -0.39 is 17.7 Å². The number of primary amides is 1. The molecule has 0 aliphatic heterocycles. The van der Waals surface area contributed by atoms with Crippen molar-refractivity contribution in [3.8, 4) is 0 Å². The van der Waals surface area contributed by atoms with Crippen LogP contribution < -0.4 is 16.4 Å². The van der Waals surface area contributed by atoms with Crippen molar-refractivity contribution < 1.29 is 14.4 Å². The van der Waals surface area contributed by atoms with Crippen LogP contribution in [-0.2, 0) is 11.8 Å². The Morgan fingerprint density at radius 1 is 1.28 bits per heavy atom. The number of carbonyl (C=O) groups is 3. The summed E-state index contributed by atoms with van der Waals surface area (Å²) < 4.78 is 1.66. The first kappa shape index (κ1) is 16.2. The number of aryl methyl sites for hydroxylation is 1. The number of anilines is 1. The highest BCUT2D eigenvalue weighted by Crippen LogP contribution is 2.17. The molecule has 25 heavy (non-hydrogen) atoms. The highest BCUT2D eigenvalue weighted by molar-refractivity contribution is 6.09. The minimum atomic E-state index is -0.678. The van der Waals surface area contributed by atoms with Crippen LogP contribution in [0.3, 0.4) is 0 Å². The number of nitrogens with zero attached hydrogens (tertiary/aromatic N) is 3. The molecule has 0 aliphatic carbocycles. The van der Waals surface area contributed by atoms with Crippen LogP contribution in [0.1, 0.15) is 20.8 Å². The number of nitrogens with one attached hydrogen (secondary N) is 3. The van der Waals surface area contributed by atoms with Crippen molar-refractivity contribution in [3.63, 3.8) is 0 Å². The third kappa shape index (κ3) is 3.47. The number of rotatable bonds is 5. The van der Waals surface area contributed by atoms with Gasteiger partial charge in [-0.3, -0.25) is 24.2 Å². The molecule has 3 aromatic rings. The minimum Gasteiger partial charge on any atom is -0.368 e. The summed E-state index contributed by atoms with van der Waals surface area (Å²) in [5.74, 6) is -1.69. The van der Waals surface area contributed by atoms with E-state index in [0.717, 1.165) is 10.9 Å². The van der Waals surface area contributed by atoms with E-state index in [9.17, 15) is 14.4 Å². The summed E-state index contributed by atoms with van der Waals surface area (Å²) in [6, 6.07) is 5.07. The first-order valence-corrected chi connectivity index (χ1v) is 7.28. The third-order valence-electron chi connectivity index (χ3n) is 3.42. The van der Waals surface area contributed by atoms with Crippen LogP contribution >= 0.6 is 0 Å². The highest BCUT2D eigenvalue weighted by atomic mass is 16.2. The smallest absolute Gasteiger partial charge is 0.271 e. The number of hydrogen-bond acceptors (Lipinski definition) is 5. The minimum absolute atomic E-state index is 0.0251. The maximum Gasteiger partial charge on any atom is 0.271 e. The fourth-order valence-electron chi connectivity index (χ4n) is 2.29. The summed E-state index contributed by atoms with van der Waals surface area (Å²) in [5, 5.41) is 16.2. The lowest BCUT2D eigenvalue weighted by atomic mass is 10.1. The number of amides is 3. The zero-order valence-corrected chi connectivity index (χ0v) is 13.2. The van der Waals surface area contributed by atoms with Crippen LogP contribution in [0.4, 0.5) is 5.69 Å². The number of H-pyrrole nitrogens is 1. The van der Waals surface area contributed by atoms with Gasteiger partial charge in [0.05, 0.1) is 23.9 Å². The molecule has 0 atom stereocenters. The van der Waals surface area contributed by atoms with Gasteiger partial charge in [-0.15, -0.1) is 0 Å². The second kappa shape index (κ2) is 6.43. The van der Waals surface area contributed by atoms with E-state index in [-0.39, 0.29) is 17.9 Å². The van der Waals surface area contributed by atoms with Gasteiger partial charge in [0.1, 0.15) is 5.69 Å². The van der Waals surface area contributed by atoms with Crippen LogP contribution in [0.15, 0.2) is 30.6 Å². The van der Waals surface area contributed by atoms with Gasteiger partial charge in [0.25, 0.3) is 11.8 Å². The Bertz CT molecular complexity index is 973. The van der Waals surface area contributed by atoms with Crippen LogP contribution in [0.5, 0.6) is 0 Å². The fourth-order valence-corrected chi connectivity index (χ4v) is 2.29. The van der Waals surface area contributed by atoms with E-state index in [4.69, 9.17) is 5.73 Å². The van der Waals surface area contributed by atoms with E-state index >= 15 is 0 Å². The quantitative estimate of drug-likeness (QED) is 0.506. The molecule has 3 rings (SSSR count). The number of fused-ring (bicyclic) bond motifs is 1. The molecule has 0 radical (unpaired) electrons. The summed E-state index contributed by atoms with van der Waals surface area (Å²) in [6.45, 7) is -0.317. The van der Waals surface area contributed by atoms with Crippen molar-refractivity contribution in [2.75, 3.05) is 11.9 Å². The van der Waals surface area contributed by atoms with Crippen LogP contribution in [0.25, 0.3) is 10.9 Å². The van der Waals surface area contributed by atoms with Gasteiger partial charge < -0.3 is 16.4 Å². The van der Waals surface area contributed by atoms with Crippen molar-refractivity contribution in [2.24, 2.45) is 12.8 Å². The van der Waals surface area contributed by atoms with Crippen LogP contribution in [-0.4, -0.2) is 44.2 Å². The lowest BCUT2D eigenvalue weighted by Crippen LogP contribution is -2.34. The molecule has 0 fully saturated rings. The number of benzene rings is 1. The van der Waals surface area contributed by atoms with E-state index in [1.807, 2.05) is 0 Å². The molecule has 2 heterocycles. The van der Waals surface area contributed by atoms with E-state index in [0.29, 0.717) is 5.56 Å². The van der Waals surface area contributed by atoms with Gasteiger partial charge in [-0.25, -0.2) is 0 Å². The average molecular weight is 341 g/mol. The summed E-state index contributed by atoms with van der Waals surface area (Å²) in [4.78, 5) is 35.1. The number of aromatic amines is 1. The fraction of sp³-hybridized carbons (Fsp3) is 0.133. The van der Waals surface area contributed by atoms with Crippen LogP contribution in [0.2, 0.25) is 0 Å². The topological polar surface area (TPSA) is 148 Å². The Morgan fingerprint density at radius 3 is 2.84 bits per heavy atom. The van der Waals surface area contributed by atoms with Gasteiger partial charge in [0, 0.05) is 24.2 Å². The van der Waals surface area contributed by atoms with Crippen molar-refractivity contribution in [1.29, 1.82) is 0 Å². The van der Waals surface area contributed by atoms with Gasteiger partial charge in [0.2, 0.25) is 5.91 Å². The van der Waals surface area contributed by atoms with E-state index in [1.165, 1.54) is 6.20 Å². The zero-order valence-electron chi connectivity index (χ0n) is 13.2. The molecule has 0 spiro atoms. The second-order valence-corrected chi connectivity index (χ2v) is 5.34. The van der Waals surface area contributed by atoms with E-state index in [1.54, 1.807) is 36.1 Å². The molecule has 10 nitrogen and oxygen atoms in total. The monoisotopic (exact) mass is 341 g/mol. The van der Waals surface area contributed by atoms with Crippen molar-refractivity contribution in [3.05, 3.63) is 41.9 Å². The van der Waals surface area contributed by atoms with Gasteiger partial charge in [-0.1, -0.05) is 0 Å². The first-order chi connectivity index (χ1) is 11.9. The number of aromatic nitrogens is 4. The van der Waals surface area contributed by atoms with Crippen LogP contribution in [0, 0.1) is 0 Å². The summed E-state index contributed by atoms with van der Waals surface area (Å²) >= 11 is 0. The SMILES string of the molecule is Cn1cc2cc(C(=O)Nc3cn[nH]c3C(=O)NCC(N)=O)ccc2n1. The Morgan fingerprint density at radius 2 is 2.08 bits per heavy atom. The maximum atomic E-state index is 12.4. The molecule has 0 unspecified atom stereocenters. The first-order valence-electron chi connectivity index (χ1n) is 7.28. The van der Waals surface area contributed by atoms with Gasteiger partial charge in [-0.05, 0) is 18.2 Å². The molecule has 3 amide bonds. The van der Waals surface area contributed by atoms with Crippen molar-refractivity contribution in [2.45, 2.75) is 0 Å². The average Bonchev–Trinajstić information content (AvgIpc) is 3.16. The van der Waals surface area contributed by atoms with Gasteiger partial charge in [-0.2, -0.15) is 10.2 Å². The summed E-state index contributed by atoms with van der Waals surface area (Å²) in [6.07, 6.45) is 3.10. The number of hydrogen-bond donors (Lipinski definition) is 4. The number of nitrogens with two attached hydrogens (primary N) is 1. The lowest BCUT2D eigenvalue weighted by molar-refractivity contribution is -0.117. The summed E-state index contributed by atoms with van der Waals surface area (Å²) in [7, 11) is 1.79. The molecule has 2 aromatic heterocycles. The molecular formula is C15H15N7O3. The molecule has 0 aliphatic rings. The molecule has 0 saturated carbocycles. The predicted molar refractivity (Wildman–Crippen MR) is 88.8 cm³/mol. The zero-order chi connectivity index (χ0) is 18.0. The second-order valence-electron chi connectivity index (χ2n) is 5.34. The Kier molecular flexibility index (Phi) is 4.16. The largest absolute Gasteiger partial charge is 0.368 e. The summed E-state index contributed by atoms with van der Waals surface area (Å²) in [5.41, 5.74) is 6.38. The highest BCUT2D eigenvalue weighted by Gasteiger charge is 2.17. The molecule has 10 heteroatoms. The predicted octanol–water partition coefficient (Wildman–Crippen LogP) is -0.236. The normalized spacial score (nSPS) is 10.6. The molecule has 0 saturated heterocycles. The van der Waals surface area contributed by atoms with Crippen molar-refractivity contribution in [1.82, 2.24) is 25.3 Å². The molecule has 0 bridgehead atoms. The Hall–Kier alpha value is -3.69. The lowest BCUT2D eigenvalue weighted by Gasteiger charge is -2.06. The molecule has 1 aromatic carbocycles. The third-order valence-corrected chi connectivity index (χ3v) is 3.42. The Balaban J connectivity index is 1.77. The molecule has 128 valence electrons. The molecular weight excluding hydrogens is 326 g/mol. The van der Waals surface area contributed by atoms with Crippen molar-refractivity contribution >= 4 is 34.3 Å². The standard InChI is InChI=1S/C15H15N7O3/c1-22-7-9-4-8(2-3-10(9)21-22)14(24)19-11-5-18-20-13(11)15(25)17-6-12(16)23/h2-5,7H,6H2,1H3,(H2,16,23)(H,17,25)(H,18,20)(H,19,24). The van der Waals surface area contributed by atoms with Gasteiger partial charge >= 0.3 is 0 Å². The van der Waals surface area contributed by atoms with E-state index in [2.05, 4.69) is 25.9 Å².